The lowest BCUT2D eigenvalue weighted by atomic mass is 10.1. The highest BCUT2D eigenvalue weighted by atomic mass is 16.5. The number of benzene rings is 2. The van der Waals surface area contributed by atoms with E-state index >= 15 is 0 Å². The molecule has 0 saturated heterocycles. The molecule has 0 aliphatic rings. The molecule has 0 unspecified atom stereocenters. The van der Waals surface area contributed by atoms with Crippen molar-refractivity contribution >= 4 is 17.5 Å². The predicted octanol–water partition coefficient (Wildman–Crippen LogP) is 3.48. The molecule has 0 fully saturated rings. The Balaban J connectivity index is 1.78. The molecular formula is C20H24N2O3. The van der Waals surface area contributed by atoms with E-state index in [1.54, 1.807) is 36.4 Å². The third-order valence-electron chi connectivity index (χ3n) is 3.56. The molecule has 0 aliphatic carbocycles. The summed E-state index contributed by atoms with van der Waals surface area (Å²) in [6.07, 6.45) is 0.946. The van der Waals surface area contributed by atoms with Crippen molar-refractivity contribution in [2.45, 2.75) is 20.3 Å². The maximum absolute atomic E-state index is 12.1. The third-order valence-corrected chi connectivity index (χ3v) is 3.56. The Labute approximate surface area is 148 Å². The molecule has 0 aliphatic heterocycles. The first kappa shape index (κ1) is 18.5. The highest BCUT2D eigenvalue weighted by Crippen LogP contribution is 2.16. The van der Waals surface area contributed by atoms with Gasteiger partial charge in [0, 0.05) is 17.8 Å². The molecule has 5 nitrogen and oxygen atoms in total. The normalized spacial score (nSPS) is 10.4. The molecule has 0 radical (unpaired) electrons. The molecule has 0 aromatic heterocycles. The topological polar surface area (TPSA) is 67.4 Å². The van der Waals surface area contributed by atoms with Crippen molar-refractivity contribution in [3.05, 3.63) is 60.2 Å². The van der Waals surface area contributed by atoms with Crippen molar-refractivity contribution in [1.29, 1.82) is 0 Å². The van der Waals surface area contributed by atoms with Crippen LogP contribution in [0.4, 0.5) is 5.69 Å². The van der Waals surface area contributed by atoms with Gasteiger partial charge in [0.15, 0.2) is 6.61 Å². The maximum Gasteiger partial charge on any atom is 0.257 e. The first-order valence-corrected chi connectivity index (χ1v) is 8.40. The SMILES string of the molecule is CC(C)CCNC(=O)COc1ccc(NC(=O)c2ccccc2)cc1. The maximum atomic E-state index is 12.1. The Kier molecular flexibility index (Phi) is 7.01. The number of ether oxygens (including phenoxy) is 1. The van der Waals surface area contributed by atoms with E-state index in [1.807, 2.05) is 18.2 Å². The zero-order valence-electron chi connectivity index (χ0n) is 14.6. The van der Waals surface area contributed by atoms with Gasteiger partial charge in [0.1, 0.15) is 5.75 Å². The van der Waals surface area contributed by atoms with Crippen LogP contribution in [0, 0.1) is 5.92 Å². The lowest BCUT2D eigenvalue weighted by molar-refractivity contribution is -0.123. The molecule has 2 amide bonds. The molecule has 25 heavy (non-hydrogen) atoms. The molecule has 0 spiro atoms. The van der Waals surface area contributed by atoms with Crippen LogP contribution >= 0.6 is 0 Å². The smallest absolute Gasteiger partial charge is 0.257 e. The number of carbonyl (C=O) groups excluding carboxylic acids is 2. The summed E-state index contributed by atoms with van der Waals surface area (Å²) in [5.74, 6) is 0.831. The van der Waals surface area contributed by atoms with E-state index in [0.29, 0.717) is 29.5 Å². The van der Waals surface area contributed by atoms with Gasteiger partial charge < -0.3 is 15.4 Å². The Morgan fingerprint density at radius 3 is 2.32 bits per heavy atom. The second-order valence-corrected chi connectivity index (χ2v) is 6.17. The molecule has 132 valence electrons. The van der Waals surface area contributed by atoms with Crippen LogP contribution < -0.4 is 15.4 Å². The van der Waals surface area contributed by atoms with Gasteiger partial charge in [0.2, 0.25) is 0 Å². The third kappa shape index (κ3) is 6.67. The molecule has 2 N–H and O–H groups in total. The van der Waals surface area contributed by atoms with Crippen molar-refractivity contribution in [1.82, 2.24) is 5.32 Å². The fourth-order valence-electron chi connectivity index (χ4n) is 2.13. The van der Waals surface area contributed by atoms with E-state index < -0.39 is 0 Å². The lowest BCUT2D eigenvalue weighted by Crippen LogP contribution is -2.30. The van der Waals surface area contributed by atoms with Gasteiger partial charge in [-0.05, 0) is 48.7 Å². The van der Waals surface area contributed by atoms with Crippen molar-refractivity contribution in [2.24, 2.45) is 5.92 Å². The van der Waals surface area contributed by atoms with Crippen molar-refractivity contribution in [3.8, 4) is 5.75 Å². The van der Waals surface area contributed by atoms with Gasteiger partial charge in [-0.3, -0.25) is 9.59 Å². The molecule has 2 aromatic rings. The number of rotatable bonds is 8. The van der Waals surface area contributed by atoms with Gasteiger partial charge in [-0.15, -0.1) is 0 Å². The summed E-state index contributed by atoms with van der Waals surface area (Å²) in [7, 11) is 0. The summed E-state index contributed by atoms with van der Waals surface area (Å²) in [5.41, 5.74) is 1.27. The van der Waals surface area contributed by atoms with Gasteiger partial charge in [0.25, 0.3) is 11.8 Å². The summed E-state index contributed by atoms with van der Waals surface area (Å²) in [4.78, 5) is 23.7. The quantitative estimate of drug-likeness (QED) is 0.773. The van der Waals surface area contributed by atoms with E-state index in [4.69, 9.17) is 4.74 Å². The standard InChI is InChI=1S/C20H24N2O3/c1-15(2)12-13-21-19(23)14-25-18-10-8-17(9-11-18)22-20(24)16-6-4-3-5-7-16/h3-11,15H,12-14H2,1-2H3,(H,21,23)(H,22,24). The molecular weight excluding hydrogens is 316 g/mol. The first-order valence-electron chi connectivity index (χ1n) is 8.40. The predicted molar refractivity (Wildman–Crippen MR) is 98.8 cm³/mol. The van der Waals surface area contributed by atoms with Crippen molar-refractivity contribution < 1.29 is 14.3 Å². The van der Waals surface area contributed by atoms with Gasteiger partial charge in [-0.2, -0.15) is 0 Å². The van der Waals surface area contributed by atoms with E-state index in [0.717, 1.165) is 6.42 Å². The summed E-state index contributed by atoms with van der Waals surface area (Å²) in [6.45, 7) is 4.86. The monoisotopic (exact) mass is 340 g/mol. The van der Waals surface area contributed by atoms with Crippen molar-refractivity contribution in [3.63, 3.8) is 0 Å². The van der Waals surface area contributed by atoms with Crippen LogP contribution in [-0.2, 0) is 4.79 Å². The summed E-state index contributed by atoms with van der Waals surface area (Å²) in [5, 5.41) is 5.63. The van der Waals surface area contributed by atoms with Crippen LogP contribution in [0.25, 0.3) is 0 Å². The average molecular weight is 340 g/mol. The van der Waals surface area contributed by atoms with E-state index in [1.165, 1.54) is 0 Å². The molecule has 0 heterocycles. The second kappa shape index (κ2) is 9.47. The largest absolute Gasteiger partial charge is 0.484 e. The summed E-state index contributed by atoms with van der Waals surface area (Å²) >= 11 is 0. The zero-order chi connectivity index (χ0) is 18.1. The zero-order valence-corrected chi connectivity index (χ0v) is 14.6. The van der Waals surface area contributed by atoms with Gasteiger partial charge >= 0.3 is 0 Å². The summed E-state index contributed by atoms with van der Waals surface area (Å²) in [6, 6.07) is 15.9. The van der Waals surface area contributed by atoms with Gasteiger partial charge in [0.05, 0.1) is 0 Å². The van der Waals surface area contributed by atoms with Crippen LogP contribution in [0.3, 0.4) is 0 Å². The molecule has 0 bridgehead atoms. The average Bonchev–Trinajstić information content (AvgIpc) is 2.61. The molecule has 5 heteroatoms. The highest BCUT2D eigenvalue weighted by Gasteiger charge is 2.06. The summed E-state index contributed by atoms with van der Waals surface area (Å²) < 4.78 is 5.45. The minimum absolute atomic E-state index is 0.0200. The van der Waals surface area contributed by atoms with Gasteiger partial charge in [-0.25, -0.2) is 0 Å². The van der Waals surface area contributed by atoms with E-state index in [-0.39, 0.29) is 18.4 Å². The van der Waals surface area contributed by atoms with Crippen LogP contribution in [0.1, 0.15) is 30.6 Å². The Morgan fingerprint density at radius 2 is 1.68 bits per heavy atom. The Hall–Kier alpha value is -2.82. The number of carbonyl (C=O) groups is 2. The van der Waals surface area contributed by atoms with E-state index in [2.05, 4.69) is 24.5 Å². The number of hydrogen-bond acceptors (Lipinski definition) is 3. The van der Waals surface area contributed by atoms with Crippen LogP contribution in [0.5, 0.6) is 5.75 Å². The van der Waals surface area contributed by atoms with E-state index in [9.17, 15) is 9.59 Å². The van der Waals surface area contributed by atoms with Gasteiger partial charge in [-0.1, -0.05) is 32.0 Å². The lowest BCUT2D eigenvalue weighted by Gasteiger charge is -2.10. The van der Waals surface area contributed by atoms with Crippen LogP contribution in [0.15, 0.2) is 54.6 Å². The van der Waals surface area contributed by atoms with Crippen LogP contribution in [-0.4, -0.2) is 25.0 Å². The molecule has 0 atom stereocenters. The minimum atomic E-state index is -0.168. The van der Waals surface area contributed by atoms with Crippen LogP contribution in [0.2, 0.25) is 0 Å². The molecule has 2 rings (SSSR count). The Morgan fingerprint density at radius 1 is 1.00 bits per heavy atom. The number of nitrogens with one attached hydrogen (secondary N) is 2. The fraction of sp³-hybridized carbons (Fsp3) is 0.300. The second-order valence-electron chi connectivity index (χ2n) is 6.17. The number of hydrogen-bond donors (Lipinski definition) is 2. The first-order chi connectivity index (χ1) is 12.0. The number of anilines is 1. The Bertz CT molecular complexity index is 682. The molecule has 0 saturated carbocycles. The highest BCUT2D eigenvalue weighted by molar-refractivity contribution is 6.04. The number of amides is 2. The minimum Gasteiger partial charge on any atom is -0.484 e. The fourth-order valence-corrected chi connectivity index (χ4v) is 2.13. The van der Waals surface area contributed by atoms with Crippen molar-refractivity contribution in [2.75, 3.05) is 18.5 Å². The molecule has 2 aromatic carbocycles.